The molecule has 0 aliphatic rings. The van der Waals surface area contributed by atoms with Gasteiger partial charge in [0.25, 0.3) is 0 Å². The van der Waals surface area contributed by atoms with Crippen LogP contribution in [0.2, 0.25) is 0 Å². The molecule has 0 radical (unpaired) electrons. The van der Waals surface area contributed by atoms with Gasteiger partial charge in [0.15, 0.2) is 0 Å². The third-order valence-corrected chi connectivity index (χ3v) is 2.66. The molecule has 0 aliphatic carbocycles. The van der Waals surface area contributed by atoms with Crippen molar-refractivity contribution in [1.82, 2.24) is 5.32 Å². The highest BCUT2D eigenvalue weighted by Crippen LogP contribution is 2.10. The van der Waals surface area contributed by atoms with E-state index in [9.17, 15) is 4.79 Å². The van der Waals surface area contributed by atoms with Crippen LogP contribution in [-0.4, -0.2) is 23.5 Å². The molecule has 1 aromatic carbocycles. The minimum Gasteiger partial charge on any atom is -0.465 e. The Bertz CT molecular complexity index is 277. The summed E-state index contributed by atoms with van der Waals surface area (Å²) < 4.78 is 0. The topological polar surface area (TPSA) is 49.3 Å². The Labute approximate surface area is 87.5 Å². The summed E-state index contributed by atoms with van der Waals surface area (Å²) in [7, 11) is 0. The van der Waals surface area contributed by atoms with E-state index in [0.29, 0.717) is 6.54 Å². The quantitative estimate of drug-likeness (QED) is 0.734. The van der Waals surface area contributed by atoms with Gasteiger partial charge in [-0.05, 0) is 5.56 Å². The zero-order valence-electron chi connectivity index (χ0n) is 7.77. The van der Waals surface area contributed by atoms with Crippen molar-refractivity contribution in [3.63, 3.8) is 0 Å². The number of amides is 1. The SMILES string of the molecule is O=C(O)NCCSCc1ccccc1. The Kier molecular flexibility index (Phi) is 4.93. The molecule has 76 valence electrons. The van der Waals surface area contributed by atoms with Crippen molar-refractivity contribution in [1.29, 1.82) is 0 Å². The molecule has 0 saturated heterocycles. The van der Waals surface area contributed by atoms with Gasteiger partial charge in [-0.2, -0.15) is 11.8 Å². The van der Waals surface area contributed by atoms with E-state index in [-0.39, 0.29) is 0 Å². The predicted octanol–water partition coefficient (Wildman–Crippen LogP) is 2.19. The lowest BCUT2D eigenvalue weighted by atomic mass is 10.2. The monoisotopic (exact) mass is 211 g/mol. The van der Waals surface area contributed by atoms with Crippen LogP contribution in [0.15, 0.2) is 30.3 Å². The zero-order valence-corrected chi connectivity index (χ0v) is 8.59. The van der Waals surface area contributed by atoms with Crippen LogP contribution in [0.1, 0.15) is 5.56 Å². The summed E-state index contributed by atoms with van der Waals surface area (Å²) in [5.74, 6) is 1.74. The number of thioether (sulfide) groups is 1. The van der Waals surface area contributed by atoms with E-state index in [1.54, 1.807) is 11.8 Å². The number of hydrogen-bond acceptors (Lipinski definition) is 2. The van der Waals surface area contributed by atoms with Gasteiger partial charge in [-0.1, -0.05) is 30.3 Å². The van der Waals surface area contributed by atoms with Gasteiger partial charge >= 0.3 is 6.09 Å². The molecule has 1 aromatic rings. The van der Waals surface area contributed by atoms with Crippen molar-refractivity contribution in [2.45, 2.75) is 5.75 Å². The van der Waals surface area contributed by atoms with E-state index < -0.39 is 6.09 Å². The van der Waals surface area contributed by atoms with E-state index in [1.165, 1.54) is 5.56 Å². The smallest absolute Gasteiger partial charge is 0.404 e. The highest BCUT2D eigenvalue weighted by atomic mass is 32.2. The molecule has 0 aliphatic heterocycles. The fourth-order valence-corrected chi connectivity index (χ4v) is 1.81. The fraction of sp³-hybridized carbons (Fsp3) is 0.300. The maximum Gasteiger partial charge on any atom is 0.404 e. The third-order valence-electron chi connectivity index (χ3n) is 1.63. The lowest BCUT2D eigenvalue weighted by molar-refractivity contribution is 0.195. The molecule has 0 bridgehead atoms. The zero-order chi connectivity index (χ0) is 10.2. The molecule has 0 saturated carbocycles. The minimum absolute atomic E-state index is 0.507. The highest BCUT2D eigenvalue weighted by molar-refractivity contribution is 7.98. The second-order valence-corrected chi connectivity index (χ2v) is 3.88. The number of benzene rings is 1. The maximum atomic E-state index is 10.1. The summed E-state index contributed by atoms with van der Waals surface area (Å²) >= 11 is 1.72. The molecule has 4 heteroatoms. The average molecular weight is 211 g/mol. The normalized spacial score (nSPS) is 9.71. The first-order valence-electron chi connectivity index (χ1n) is 4.37. The Balaban J connectivity index is 2.08. The van der Waals surface area contributed by atoms with Gasteiger partial charge < -0.3 is 10.4 Å². The second kappa shape index (κ2) is 6.32. The van der Waals surface area contributed by atoms with Crippen molar-refractivity contribution < 1.29 is 9.90 Å². The minimum atomic E-state index is -0.953. The largest absolute Gasteiger partial charge is 0.465 e. The molecule has 0 heterocycles. The first-order valence-corrected chi connectivity index (χ1v) is 5.53. The van der Waals surface area contributed by atoms with Crippen LogP contribution >= 0.6 is 11.8 Å². The molecule has 14 heavy (non-hydrogen) atoms. The number of nitrogens with one attached hydrogen (secondary N) is 1. The first kappa shape index (κ1) is 10.9. The summed E-state index contributed by atoms with van der Waals surface area (Å²) in [5.41, 5.74) is 1.27. The van der Waals surface area contributed by atoms with Gasteiger partial charge in [0.2, 0.25) is 0 Å². The number of hydrogen-bond donors (Lipinski definition) is 2. The van der Waals surface area contributed by atoms with Gasteiger partial charge in [0, 0.05) is 18.1 Å². The number of carbonyl (C=O) groups is 1. The van der Waals surface area contributed by atoms with E-state index in [2.05, 4.69) is 17.4 Å². The summed E-state index contributed by atoms with van der Waals surface area (Å²) in [6, 6.07) is 10.1. The molecular weight excluding hydrogens is 198 g/mol. The van der Waals surface area contributed by atoms with Gasteiger partial charge in [-0.3, -0.25) is 0 Å². The molecule has 1 rings (SSSR count). The maximum absolute atomic E-state index is 10.1. The molecule has 2 N–H and O–H groups in total. The lowest BCUT2D eigenvalue weighted by Gasteiger charge is -2.01. The summed E-state index contributed by atoms with van der Waals surface area (Å²) in [4.78, 5) is 10.1. The van der Waals surface area contributed by atoms with Gasteiger partial charge in [0.1, 0.15) is 0 Å². The molecular formula is C10H13NO2S. The Hall–Kier alpha value is -1.16. The number of carboxylic acid groups (broad SMARTS) is 1. The van der Waals surface area contributed by atoms with Gasteiger partial charge in [-0.15, -0.1) is 0 Å². The summed E-state index contributed by atoms with van der Waals surface area (Å²) in [6.45, 7) is 0.507. The molecule has 0 atom stereocenters. The van der Waals surface area contributed by atoms with Gasteiger partial charge in [0.05, 0.1) is 0 Å². The Morgan fingerprint density at radius 2 is 2.07 bits per heavy atom. The van der Waals surface area contributed by atoms with Crippen LogP contribution in [0.5, 0.6) is 0 Å². The van der Waals surface area contributed by atoms with Crippen LogP contribution in [0.3, 0.4) is 0 Å². The van der Waals surface area contributed by atoms with Crippen LogP contribution in [0, 0.1) is 0 Å². The predicted molar refractivity (Wildman–Crippen MR) is 58.6 cm³/mol. The van der Waals surface area contributed by atoms with Crippen LogP contribution in [0.25, 0.3) is 0 Å². The fourth-order valence-electron chi connectivity index (χ4n) is 0.994. The Morgan fingerprint density at radius 1 is 1.36 bits per heavy atom. The molecule has 0 spiro atoms. The van der Waals surface area contributed by atoms with Crippen molar-refractivity contribution in [2.75, 3.05) is 12.3 Å². The standard InChI is InChI=1S/C10H13NO2S/c12-10(13)11-6-7-14-8-9-4-2-1-3-5-9/h1-5,11H,6-8H2,(H,12,13). The van der Waals surface area contributed by atoms with E-state index >= 15 is 0 Å². The van der Waals surface area contributed by atoms with Crippen LogP contribution in [0.4, 0.5) is 4.79 Å². The molecule has 0 aromatic heterocycles. The Morgan fingerprint density at radius 3 is 2.71 bits per heavy atom. The molecule has 1 amide bonds. The van der Waals surface area contributed by atoms with Crippen molar-refractivity contribution in [3.05, 3.63) is 35.9 Å². The van der Waals surface area contributed by atoms with Crippen LogP contribution < -0.4 is 5.32 Å². The summed E-state index contributed by atoms with van der Waals surface area (Å²) in [6.07, 6.45) is -0.953. The van der Waals surface area contributed by atoms with Crippen LogP contribution in [-0.2, 0) is 5.75 Å². The molecule has 0 unspecified atom stereocenters. The van der Waals surface area contributed by atoms with E-state index in [1.807, 2.05) is 18.2 Å². The van der Waals surface area contributed by atoms with Gasteiger partial charge in [-0.25, -0.2) is 4.79 Å². The first-order chi connectivity index (χ1) is 6.79. The van der Waals surface area contributed by atoms with Crippen molar-refractivity contribution in [3.8, 4) is 0 Å². The van der Waals surface area contributed by atoms with Crippen molar-refractivity contribution >= 4 is 17.9 Å². The highest BCUT2D eigenvalue weighted by Gasteiger charge is 1.94. The van der Waals surface area contributed by atoms with E-state index in [0.717, 1.165) is 11.5 Å². The number of rotatable bonds is 5. The molecule has 3 nitrogen and oxygen atoms in total. The summed E-state index contributed by atoms with van der Waals surface area (Å²) in [5, 5.41) is 10.6. The van der Waals surface area contributed by atoms with E-state index in [4.69, 9.17) is 5.11 Å². The lowest BCUT2D eigenvalue weighted by Crippen LogP contribution is -2.23. The van der Waals surface area contributed by atoms with Crippen molar-refractivity contribution in [2.24, 2.45) is 0 Å². The second-order valence-electron chi connectivity index (χ2n) is 2.77. The average Bonchev–Trinajstić information content (AvgIpc) is 2.18. The third kappa shape index (κ3) is 4.77. The molecule has 0 fully saturated rings.